The number of aromatic amines is 1. The van der Waals surface area contributed by atoms with Crippen LogP contribution in [0.25, 0.3) is 0 Å². The van der Waals surface area contributed by atoms with Gasteiger partial charge in [0.15, 0.2) is 0 Å². The second-order valence-corrected chi connectivity index (χ2v) is 7.07. The summed E-state index contributed by atoms with van der Waals surface area (Å²) in [5.74, 6) is -0.162. The fraction of sp³-hybridized carbons (Fsp3) is 0.706. The number of aliphatic hydroxyl groups excluding tert-OH is 2. The second-order valence-electron chi connectivity index (χ2n) is 7.07. The number of rotatable bonds is 4. The van der Waals surface area contributed by atoms with Crippen molar-refractivity contribution in [2.75, 3.05) is 6.61 Å². The van der Waals surface area contributed by atoms with Gasteiger partial charge in [-0.05, 0) is 12.8 Å². The van der Waals surface area contributed by atoms with Gasteiger partial charge in [0, 0.05) is 18.2 Å². The molecule has 0 spiro atoms. The number of amides is 1. The highest BCUT2D eigenvalue weighted by Crippen LogP contribution is 2.24. The summed E-state index contributed by atoms with van der Waals surface area (Å²) in [4.78, 5) is 37.3. The molecule has 1 aromatic heterocycles. The molecule has 1 amide bonds. The lowest BCUT2D eigenvalue weighted by atomic mass is 9.88. The van der Waals surface area contributed by atoms with Crippen LogP contribution >= 0.6 is 0 Å². The summed E-state index contributed by atoms with van der Waals surface area (Å²) in [5.41, 5.74) is -1.13. The Morgan fingerprint density at radius 1 is 1.23 bits per heavy atom. The van der Waals surface area contributed by atoms with Crippen molar-refractivity contribution in [3.05, 3.63) is 33.1 Å². The van der Waals surface area contributed by atoms with Crippen LogP contribution in [-0.4, -0.2) is 56.6 Å². The molecule has 144 valence electrons. The van der Waals surface area contributed by atoms with Crippen molar-refractivity contribution < 1.29 is 19.7 Å². The topological polar surface area (TPSA) is 134 Å². The largest absolute Gasteiger partial charge is 0.388 e. The van der Waals surface area contributed by atoms with E-state index in [9.17, 15) is 24.6 Å². The lowest BCUT2D eigenvalue weighted by molar-refractivity contribution is -0.160. The standard InChI is InChI=1S/C17H25N3O6/c21-13-6-7-20(17(25)19-13)8-12-15(23)14(22)11(9-26-12)18-16(24)10-4-2-1-3-5-10/h6-7,10-12,14-15,22-23H,1-5,8-9H2,(H,18,24)(H,19,21,25)/t11-,12-,14+,15-/m1/s1. The fourth-order valence-electron chi connectivity index (χ4n) is 3.62. The second kappa shape index (κ2) is 8.15. The highest BCUT2D eigenvalue weighted by Gasteiger charge is 2.40. The van der Waals surface area contributed by atoms with Crippen LogP contribution in [0.5, 0.6) is 0 Å². The molecule has 9 heteroatoms. The molecule has 0 unspecified atom stereocenters. The SMILES string of the molecule is O=C(N[C@@H]1CO[C@H](Cn2ccc(=O)[nH]c2=O)[C@@H](O)[C@H]1O)C1CCCCC1. The number of aliphatic hydroxyl groups is 2. The van der Waals surface area contributed by atoms with Crippen LogP contribution in [0.3, 0.4) is 0 Å². The molecule has 2 heterocycles. The van der Waals surface area contributed by atoms with E-state index < -0.39 is 35.6 Å². The van der Waals surface area contributed by atoms with Crippen LogP contribution in [0, 0.1) is 5.92 Å². The summed E-state index contributed by atoms with van der Waals surface area (Å²) in [6.45, 7) is 0.0244. The average molecular weight is 367 g/mol. The fourth-order valence-corrected chi connectivity index (χ4v) is 3.62. The molecular formula is C17H25N3O6. The third-order valence-corrected chi connectivity index (χ3v) is 5.21. The molecule has 2 aliphatic rings. The smallest absolute Gasteiger partial charge is 0.328 e. The number of carbonyl (C=O) groups excluding carboxylic acids is 1. The van der Waals surface area contributed by atoms with Crippen LogP contribution in [0.15, 0.2) is 21.9 Å². The van der Waals surface area contributed by atoms with E-state index in [-0.39, 0.29) is 25.0 Å². The zero-order chi connectivity index (χ0) is 18.7. The minimum Gasteiger partial charge on any atom is -0.388 e. The summed E-state index contributed by atoms with van der Waals surface area (Å²) in [6, 6.07) is 0.503. The Labute approximate surface area is 150 Å². The Bertz CT molecular complexity index is 739. The number of hydrogen-bond donors (Lipinski definition) is 4. The third-order valence-electron chi connectivity index (χ3n) is 5.21. The van der Waals surface area contributed by atoms with Crippen LogP contribution in [0.4, 0.5) is 0 Å². The Kier molecular flexibility index (Phi) is 5.90. The van der Waals surface area contributed by atoms with E-state index in [1.54, 1.807) is 0 Å². The van der Waals surface area contributed by atoms with E-state index in [1.807, 2.05) is 0 Å². The minimum atomic E-state index is -1.26. The van der Waals surface area contributed by atoms with Gasteiger partial charge < -0.3 is 20.3 Å². The molecule has 4 atom stereocenters. The molecule has 1 aliphatic carbocycles. The highest BCUT2D eigenvalue weighted by atomic mass is 16.5. The predicted octanol–water partition coefficient (Wildman–Crippen LogP) is -1.28. The van der Waals surface area contributed by atoms with Gasteiger partial charge in [-0.3, -0.25) is 19.1 Å². The summed E-state index contributed by atoms with van der Waals surface area (Å²) in [6.07, 6.45) is 2.91. The molecule has 9 nitrogen and oxygen atoms in total. The van der Waals surface area contributed by atoms with Crippen molar-refractivity contribution in [2.24, 2.45) is 5.92 Å². The average Bonchev–Trinajstić information content (AvgIpc) is 2.64. The quantitative estimate of drug-likeness (QED) is 0.524. The van der Waals surface area contributed by atoms with Gasteiger partial charge in [-0.15, -0.1) is 0 Å². The molecule has 0 bridgehead atoms. The van der Waals surface area contributed by atoms with E-state index in [1.165, 1.54) is 16.8 Å². The number of hydrogen-bond acceptors (Lipinski definition) is 6. The van der Waals surface area contributed by atoms with Crippen molar-refractivity contribution in [1.82, 2.24) is 14.9 Å². The summed E-state index contributed by atoms with van der Waals surface area (Å²) < 4.78 is 6.77. The first-order valence-electron chi connectivity index (χ1n) is 9.03. The first-order chi connectivity index (χ1) is 12.5. The number of carbonyl (C=O) groups is 1. The monoisotopic (exact) mass is 367 g/mol. The van der Waals surface area contributed by atoms with Crippen molar-refractivity contribution in [3.63, 3.8) is 0 Å². The van der Waals surface area contributed by atoms with Gasteiger partial charge in [-0.1, -0.05) is 19.3 Å². The Hall–Kier alpha value is -1.97. The third kappa shape index (κ3) is 4.22. The first-order valence-corrected chi connectivity index (χ1v) is 9.03. The maximum atomic E-state index is 12.3. The number of nitrogens with one attached hydrogen (secondary N) is 2. The Morgan fingerprint density at radius 2 is 1.96 bits per heavy atom. The van der Waals surface area contributed by atoms with Gasteiger partial charge in [-0.25, -0.2) is 4.79 Å². The molecule has 1 saturated carbocycles. The van der Waals surface area contributed by atoms with Crippen LogP contribution < -0.4 is 16.6 Å². The van der Waals surface area contributed by atoms with Crippen LogP contribution in [0.2, 0.25) is 0 Å². The number of nitrogens with zero attached hydrogens (tertiary/aromatic N) is 1. The van der Waals surface area contributed by atoms with E-state index in [2.05, 4.69) is 10.3 Å². The zero-order valence-electron chi connectivity index (χ0n) is 14.5. The lowest BCUT2D eigenvalue weighted by Gasteiger charge is -2.38. The van der Waals surface area contributed by atoms with Gasteiger partial charge in [0.25, 0.3) is 5.56 Å². The molecule has 0 radical (unpaired) electrons. The zero-order valence-corrected chi connectivity index (χ0v) is 14.5. The normalized spacial score (nSPS) is 30.1. The Balaban J connectivity index is 1.59. The molecule has 1 saturated heterocycles. The van der Waals surface area contributed by atoms with Gasteiger partial charge in [0.1, 0.15) is 18.3 Å². The summed E-state index contributed by atoms with van der Waals surface area (Å²) in [7, 11) is 0. The number of aromatic nitrogens is 2. The van der Waals surface area contributed by atoms with Gasteiger partial charge in [0.05, 0.1) is 19.2 Å². The molecule has 2 fully saturated rings. The van der Waals surface area contributed by atoms with Gasteiger partial charge in [0.2, 0.25) is 5.91 Å². The first kappa shape index (κ1) is 18.8. The van der Waals surface area contributed by atoms with E-state index in [0.717, 1.165) is 32.1 Å². The van der Waals surface area contributed by atoms with Gasteiger partial charge >= 0.3 is 5.69 Å². The predicted molar refractivity (Wildman–Crippen MR) is 91.6 cm³/mol. The molecule has 1 aromatic rings. The maximum Gasteiger partial charge on any atom is 0.328 e. The van der Waals surface area contributed by atoms with Crippen molar-refractivity contribution in [3.8, 4) is 0 Å². The molecule has 0 aromatic carbocycles. The molecule has 26 heavy (non-hydrogen) atoms. The van der Waals surface area contributed by atoms with Crippen LogP contribution in [0.1, 0.15) is 32.1 Å². The van der Waals surface area contributed by atoms with Crippen molar-refractivity contribution in [2.45, 2.75) is 63.0 Å². The number of H-pyrrole nitrogens is 1. The molecule has 1 aliphatic heterocycles. The molecule has 4 N–H and O–H groups in total. The number of ether oxygens (including phenoxy) is 1. The van der Waals surface area contributed by atoms with Crippen LogP contribution in [-0.2, 0) is 16.1 Å². The minimum absolute atomic E-state index is 0.0167. The van der Waals surface area contributed by atoms with E-state index >= 15 is 0 Å². The van der Waals surface area contributed by atoms with Crippen molar-refractivity contribution >= 4 is 5.91 Å². The highest BCUT2D eigenvalue weighted by molar-refractivity contribution is 5.79. The maximum absolute atomic E-state index is 12.3. The molecule has 3 rings (SSSR count). The molecular weight excluding hydrogens is 342 g/mol. The lowest BCUT2D eigenvalue weighted by Crippen LogP contribution is -2.60. The Morgan fingerprint density at radius 3 is 2.65 bits per heavy atom. The van der Waals surface area contributed by atoms with Crippen molar-refractivity contribution in [1.29, 1.82) is 0 Å². The van der Waals surface area contributed by atoms with Gasteiger partial charge in [-0.2, -0.15) is 0 Å². The van der Waals surface area contributed by atoms with E-state index in [0.29, 0.717) is 0 Å². The summed E-state index contributed by atoms with van der Waals surface area (Å²) in [5, 5.41) is 23.5. The van der Waals surface area contributed by atoms with E-state index in [4.69, 9.17) is 4.74 Å². The summed E-state index contributed by atoms with van der Waals surface area (Å²) >= 11 is 0.